The first-order valence-electron chi connectivity index (χ1n) is 12.8. The first kappa shape index (κ1) is 23.8. The zero-order chi connectivity index (χ0) is 25.4. The zero-order valence-corrected chi connectivity index (χ0v) is 21.3. The number of aromatic nitrogens is 1. The van der Waals surface area contributed by atoms with Crippen molar-refractivity contribution in [2.45, 2.75) is 25.3 Å². The summed E-state index contributed by atoms with van der Waals surface area (Å²) in [6.07, 6.45) is 6.36. The number of fused-ring (bicyclic) bond motifs is 1. The van der Waals surface area contributed by atoms with Crippen molar-refractivity contribution in [1.29, 1.82) is 0 Å². The summed E-state index contributed by atoms with van der Waals surface area (Å²) in [4.78, 5) is 35.0. The van der Waals surface area contributed by atoms with E-state index in [-0.39, 0.29) is 23.3 Å². The van der Waals surface area contributed by atoms with Gasteiger partial charge in [-0.25, -0.2) is 0 Å². The minimum Gasteiger partial charge on any atom is -0.493 e. The molecule has 1 unspecified atom stereocenters. The quantitative estimate of drug-likeness (QED) is 0.542. The third-order valence-electron chi connectivity index (χ3n) is 7.91. The van der Waals surface area contributed by atoms with Gasteiger partial charge in [-0.15, -0.1) is 0 Å². The van der Waals surface area contributed by atoms with E-state index in [0.717, 1.165) is 44.6 Å². The number of anilines is 1. The maximum absolute atomic E-state index is 13.6. The largest absolute Gasteiger partial charge is 0.493 e. The molecule has 190 valence electrons. The van der Waals surface area contributed by atoms with Gasteiger partial charge in [-0.1, -0.05) is 23.7 Å². The molecule has 0 aliphatic carbocycles. The Labute approximate surface area is 221 Å². The molecule has 0 radical (unpaired) electrons. The summed E-state index contributed by atoms with van der Waals surface area (Å²) in [6, 6.07) is 16.4. The van der Waals surface area contributed by atoms with Crippen LogP contribution in [0.5, 0.6) is 5.75 Å². The SMILES string of the molecule is O=C(N[C@@H]1CCOc2ccc(C(=O)N3CCC4(CCN(c5ccncc5)C4)C3)cc21)c1ccccc1Cl. The maximum Gasteiger partial charge on any atom is 0.253 e. The van der Waals surface area contributed by atoms with E-state index >= 15 is 0 Å². The molecule has 2 amide bonds. The minimum absolute atomic E-state index is 0.0313. The van der Waals surface area contributed by atoms with E-state index in [1.807, 2.05) is 47.6 Å². The first-order chi connectivity index (χ1) is 18.0. The van der Waals surface area contributed by atoms with E-state index in [1.54, 1.807) is 24.3 Å². The molecule has 3 aliphatic heterocycles. The number of benzene rings is 2. The Kier molecular flexibility index (Phi) is 6.24. The van der Waals surface area contributed by atoms with E-state index in [0.29, 0.717) is 34.9 Å². The second-order valence-corrected chi connectivity index (χ2v) is 10.7. The second kappa shape index (κ2) is 9.71. The van der Waals surface area contributed by atoms with Crippen LogP contribution in [0.4, 0.5) is 5.69 Å². The minimum atomic E-state index is -0.256. The molecule has 8 heteroatoms. The van der Waals surface area contributed by atoms with Crippen LogP contribution < -0.4 is 15.0 Å². The van der Waals surface area contributed by atoms with E-state index < -0.39 is 0 Å². The van der Waals surface area contributed by atoms with Crippen LogP contribution in [0.1, 0.15) is 51.6 Å². The molecule has 37 heavy (non-hydrogen) atoms. The van der Waals surface area contributed by atoms with Crippen molar-refractivity contribution in [2.75, 3.05) is 37.7 Å². The number of halogens is 1. The summed E-state index contributed by atoms with van der Waals surface area (Å²) in [5.74, 6) is 0.499. The van der Waals surface area contributed by atoms with Crippen LogP contribution in [-0.4, -0.2) is 54.5 Å². The van der Waals surface area contributed by atoms with E-state index in [4.69, 9.17) is 16.3 Å². The van der Waals surface area contributed by atoms with Gasteiger partial charge in [-0.3, -0.25) is 14.6 Å². The van der Waals surface area contributed by atoms with Gasteiger partial charge in [-0.05, 0) is 55.3 Å². The number of carbonyl (C=O) groups is 2. The van der Waals surface area contributed by atoms with Crippen molar-refractivity contribution in [2.24, 2.45) is 5.41 Å². The Hall–Kier alpha value is -3.58. The number of likely N-dealkylation sites (tertiary alicyclic amines) is 1. The van der Waals surface area contributed by atoms with Crippen molar-refractivity contribution in [3.63, 3.8) is 0 Å². The highest BCUT2D eigenvalue weighted by atomic mass is 35.5. The van der Waals surface area contributed by atoms with Crippen molar-refractivity contribution in [3.05, 3.63) is 88.7 Å². The van der Waals surface area contributed by atoms with Crippen LogP contribution >= 0.6 is 11.6 Å². The lowest BCUT2D eigenvalue weighted by Crippen LogP contribution is -2.35. The van der Waals surface area contributed by atoms with Gasteiger partial charge >= 0.3 is 0 Å². The smallest absolute Gasteiger partial charge is 0.253 e. The van der Waals surface area contributed by atoms with Crippen LogP contribution in [0.25, 0.3) is 0 Å². The molecule has 1 N–H and O–H groups in total. The highest BCUT2D eigenvalue weighted by Crippen LogP contribution is 2.42. The van der Waals surface area contributed by atoms with Crippen LogP contribution in [0.2, 0.25) is 5.02 Å². The molecular weight excluding hydrogens is 488 g/mol. The van der Waals surface area contributed by atoms with Gasteiger partial charge in [0, 0.05) is 67.2 Å². The Morgan fingerprint density at radius 2 is 1.84 bits per heavy atom. The van der Waals surface area contributed by atoms with Gasteiger partial charge in [0.25, 0.3) is 11.8 Å². The predicted octanol–water partition coefficient (Wildman–Crippen LogP) is 4.73. The summed E-state index contributed by atoms with van der Waals surface area (Å²) in [5, 5.41) is 3.50. The van der Waals surface area contributed by atoms with Gasteiger partial charge in [0.1, 0.15) is 5.75 Å². The number of amides is 2. The summed E-state index contributed by atoms with van der Waals surface area (Å²) in [5.41, 5.74) is 3.21. The summed E-state index contributed by atoms with van der Waals surface area (Å²) in [7, 11) is 0. The number of ether oxygens (including phenoxy) is 1. The molecule has 0 bridgehead atoms. The normalized spacial score (nSPS) is 22.6. The summed E-state index contributed by atoms with van der Waals surface area (Å²) < 4.78 is 5.84. The number of rotatable bonds is 4. The molecular formula is C29H29ClN4O3. The highest BCUT2D eigenvalue weighted by molar-refractivity contribution is 6.33. The topological polar surface area (TPSA) is 74.8 Å². The molecule has 2 aromatic carbocycles. The molecule has 1 aromatic heterocycles. The molecule has 3 aromatic rings. The fourth-order valence-corrected chi connectivity index (χ4v) is 6.11. The fourth-order valence-electron chi connectivity index (χ4n) is 5.89. The maximum atomic E-state index is 13.6. The van der Waals surface area contributed by atoms with Gasteiger partial charge in [0.2, 0.25) is 0 Å². The summed E-state index contributed by atoms with van der Waals surface area (Å²) >= 11 is 6.23. The predicted molar refractivity (Wildman–Crippen MR) is 142 cm³/mol. The lowest BCUT2D eigenvalue weighted by atomic mass is 9.86. The fraction of sp³-hybridized carbons (Fsp3) is 0.345. The zero-order valence-electron chi connectivity index (χ0n) is 20.5. The van der Waals surface area contributed by atoms with Crippen LogP contribution in [-0.2, 0) is 0 Å². The molecule has 2 fully saturated rings. The van der Waals surface area contributed by atoms with Gasteiger partial charge < -0.3 is 19.9 Å². The number of nitrogens with one attached hydrogen (secondary N) is 1. The Balaban J connectivity index is 1.17. The van der Waals surface area contributed by atoms with Crippen LogP contribution in [0, 0.1) is 5.41 Å². The van der Waals surface area contributed by atoms with Crippen molar-refractivity contribution in [1.82, 2.24) is 15.2 Å². The molecule has 2 saturated heterocycles. The van der Waals surface area contributed by atoms with Crippen molar-refractivity contribution < 1.29 is 14.3 Å². The molecule has 4 heterocycles. The third-order valence-corrected chi connectivity index (χ3v) is 8.24. The van der Waals surface area contributed by atoms with Crippen LogP contribution in [0.3, 0.4) is 0 Å². The number of hydrogen-bond donors (Lipinski definition) is 1. The Morgan fingerprint density at radius 3 is 2.68 bits per heavy atom. The second-order valence-electron chi connectivity index (χ2n) is 10.2. The number of carbonyl (C=O) groups excluding carboxylic acids is 2. The first-order valence-corrected chi connectivity index (χ1v) is 13.2. The van der Waals surface area contributed by atoms with Crippen molar-refractivity contribution >= 4 is 29.1 Å². The van der Waals surface area contributed by atoms with Crippen molar-refractivity contribution in [3.8, 4) is 5.75 Å². The summed E-state index contributed by atoms with van der Waals surface area (Å²) in [6.45, 7) is 3.96. The van der Waals surface area contributed by atoms with Gasteiger partial charge in [0.05, 0.1) is 23.2 Å². The lowest BCUT2D eigenvalue weighted by Gasteiger charge is -2.28. The molecule has 2 atom stereocenters. The molecule has 7 nitrogen and oxygen atoms in total. The van der Waals surface area contributed by atoms with E-state index in [1.165, 1.54) is 5.69 Å². The average Bonchev–Trinajstić information content (AvgIpc) is 3.55. The average molecular weight is 517 g/mol. The van der Waals surface area contributed by atoms with Gasteiger partial charge in [0.15, 0.2) is 0 Å². The van der Waals surface area contributed by atoms with E-state index in [2.05, 4.69) is 15.2 Å². The Morgan fingerprint density at radius 1 is 1.03 bits per heavy atom. The third kappa shape index (κ3) is 4.64. The van der Waals surface area contributed by atoms with Gasteiger partial charge in [-0.2, -0.15) is 0 Å². The van der Waals surface area contributed by atoms with Crippen LogP contribution in [0.15, 0.2) is 67.0 Å². The number of hydrogen-bond acceptors (Lipinski definition) is 5. The highest BCUT2D eigenvalue weighted by Gasteiger charge is 2.45. The lowest BCUT2D eigenvalue weighted by molar-refractivity contribution is 0.0775. The standard InChI is InChI=1S/C29H29ClN4O3/c30-24-4-2-1-3-22(24)27(35)32-25-9-16-37-26-6-5-20(17-23(25)26)28(36)34-15-11-29(19-34)10-14-33(18-29)21-7-12-31-13-8-21/h1-8,12-13,17,25H,9-11,14-16,18-19H2,(H,32,35)/t25-,29?/m1/s1. The Bertz CT molecular complexity index is 1330. The number of nitrogens with zero attached hydrogens (tertiary/aromatic N) is 3. The molecule has 1 spiro atoms. The molecule has 3 aliphatic rings. The van der Waals surface area contributed by atoms with E-state index in [9.17, 15) is 9.59 Å². The monoisotopic (exact) mass is 516 g/mol. The molecule has 6 rings (SSSR count). The molecule has 0 saturated carbocycles. The number of pyridine rings is 1.